The Hall–Kier alpha value is -2.84. The number of hydrogen-bond donors (Lipinski definition) is 1. The summed E-state index contributed by atoms with van der Waals surface area (Å²) in [5, 5.41) is 14.0. The number of anilines is 1. The fourth-order valence-corrected chi connectivity index (χ4v) is 5.03. The highest BCUT2D eigenvalue weighted by atomic mass is 32.1. The van der Waals surface area contributed by atoms with Gasteiger partial charge in [0, 0.05) is 23.4 Å². The van der Waals surface area contributed by atoms with Crippen molar-refractivity contribution >= 4 is 22.8 Å². The molecule has 0 amide bonds. The van der Waals surface area contributed by atoms with Gasteiger partial charge in [-0.2, -0.15) is 16.6 Å². The molecule has 1 aliphatic carbocycles. The molecule has 5 heteroatoms. The second-order valence-electron chi connectivity index (χ2n) is 8.38. The zero-order valence-electron chi connectivity index (χ0n) is 16.3. The van der Waals surface area contributed by atoms with Crippen molar-refractivity contribution in [2.24, 2.45) is 11.1 Å². The van der Waals surface area contributed by atoms with Gasteiger partial charge in [-0.15, -0.1) is 0 Å². The molecule has 0 saturated carbocycles. The van der Waals surface area contributed by atoms with E-state index in [-0.39, 0.29) is 17.1 Å². The molecule has 1 aromatic carbocycles. The lowest BCUT2D eigenvalue weighted by Crippen LogP contribution is -2.42. The number of hydrogen-bond acceptors (Lipinski definition) is 5. The summed E-state index contributed by atoms with van der Waals surface area (Å²) in [6.07, 6.45) is 1.22. The lowest BCUT2D eigenvalue weighted by molar-refractivity contribution is -0.118. The van der Waals surface area contributed by atoms with Crippen LogP contribution in [0.3, 0.4) is 0 Å². The SMILES string of the molecule is Cc1cccc(N2C(N)=C(C#N)[C@H](c3ccsc3)C3=C2CC(C)(C)CC3=O)c1. The smallest absolute Gasteiger partial charge is 0.162 e. The van der Waals surface area contributed by atoms with Crippen LogP contribution in [0.25, 0.3) is 0 Å². The summed E-state index contributed by atoms with van der Waals surface area (Å²) in [7, 11) is 0. The normalized spacial score (nSPS) is 21.6. The van der Waals surface area contributed by atoms with E-state index in [1.807, 2.05) is 52.9 Å². The minimum absolute atomic E-state index is 0.111. The fraction of sp³-hybridized carbons (Fsp3) is 0.304. The van der Waals surface area contributed by atoms with Gasteiger partial charge < -0.3 is 5.73 Å². The molecule has 1 aromatic heterocycles. The van der Waals surface area contributed by atoms with Crippen LogP contribution >= 0.6 is 11.3 Å². The number of nitrogens with zero attached hydrogens (tertiary/aromatic N) is 2. The summed E-state index contributed by atoms with van der Waals surface area (Å²) in [6, 6.07) is 12.3. The van der Waals surface area contributed by atoms with E-state index in [0.29, 0.717) is 17.8 Å². The van der Waals surface area contributed by atoms with E-state index in [9.17, 15) is 10.1 Å². The van der Waals surface area contributed by atoms with E-state index >= 15 is 0 Å². The number of allylic oxidation sites excluding steroid dienone is 3. The van der Waals surface area contributed by atoms with Gasteiger partial charge in [-0.25, -0.2) is 0 Å². The zero-order chi connectivity index (χ0) is 20.1. The molecule has 1 atom stereocenters. The third-order valence-electron chi connectivity index (χ3n) is 5.52. The summed E-state index contributed by atoms with van der Waals surface area (Å²) >= 11 is 1.57. The summed E-state index contributed by atoms with van der Waals surface area (Å²) in [6.45, 7) is 6.25. The number of carbonyl (C=O) groups is 1. The Morgan fingerprint density at radius 2 is 2.07 bits per heavy atom. The molecule has 0 bridgehead atoms. The van der Waals surface area contributed by atoms with Crippen molar-refractivity contribution in [1.29, 1.82) is 5.26 Å². The van der Waals surface area contributed by atoms with Gasteiger partial charge in [0.05, 0.1) is 17.6 Å². The third-order valence-corrected chi connectivity index (χ3v) is 6.22. The number of nitrogens with two attached hydrogens (primary N) is 1. The molecule has 0 unspecified atom stereocenters. The molecule has 142 valence electrons. The Balaban J connectivity index is 2.00. The molecular formula is C23H23N3OS. The van der Waals surface area contributed by atoms with Gasteiger partial charge in [0.1, 0.15) is 5.82 Å². The van der Waals surface area contributed by atoms with Gasteiger partial charge in [-0.3, -0.25) is 9.69 Å². The van der Waals surface area contributed by atoms with E-state index in [1.54, 1.807) is 11.3 Å². The second-order valence-corrected chi connectivity index (χ2v) is 9.16. The van der Waals surface area contributed by atoms with Crippen LogP contribution in [0.2, 0.25) is 0 Å². The summed E-state index contributed by atoms with van der Waals surface area (Å²) in [5.41, 5.74) is 11.5. The molecule has 0 radical (unpaired) electrons. The first kappa shape index (κ1) is 18.5. The largest absolute Gasteiger partial charge is 0.384 e. The number of thiophene rings is 1. The number of carbonyl (C=O) groups excluding carboxylic acids is 1. The molecule has 4 rings (SSSR count). The Morgan fingerprint density at radius 3 is 2.71 bits per heavy atom. The molecule has 28 heavy (non-hydrogen) atoms. The maximum Gasteiger partial charge on any atom is 0.162 e. The Morgan fingerprint density at radius 1 is 1.29 bits per heavy atom. The Labute approximate surface area is 169 Å². The first-order valence-electron chi connectivity index (χ1n) is 9.37. The van der Waals surface area contributed by atoms with Crippen LogP contribution in [-0.2, 0) is 4.79 Å². The van der Waals surface area contributed by atoms with Gasteiger partial charge in [0.2, 0.25) is 0 Å². The van der Waals surface area contributed by atoms with Crippen molar-refractivity contribution in [3.8, 4) is 6.07 Å². The molecule has 0 saturated heterocycles. The summed E-state index contributed by atoms with van der Waals surface area (Å²) in [5.74, 6) is 0.157. The topological polar surface area (TPSA) is 70.1 Å². The van der Waals surface area contributed by atoms with Gasteiger partial charge in [-0.05, 0) is 58.8 Å². The first-order chi connectivity index (χ1) is 13.3. The highest BCUT2D eigenvalue weighted by Crippen LogP contribution is 2.50. The Kier molecular flexibility index (Phi) is 4.40. The fourth-order valence-electron chi connectivity index (χ4n) is 4.34. The highest BCUT2D eigenvalue weighted by molar-refractivity contribution is 7.08. The molecule has 1 aliphatic heterocycles. The second kappa shape index (κ2) is 6.65. The van der Waals surface area contributed by atoms with Crippen molar-refractivity contribution in [1.82, 2.24) is 0 Å². The molecule has 4 nitrogen and oxygen atoms in total. The monoisotopic (exact) mass is 389 g/mol. The van der Waals surface area contributed by atoms with Gasteiger partial charge in [0.15, 0.2) is 5.78 Å². The van der Waals surface area contributed by atoms with E-state index in [4.69, 9.17) is 5.73 Å². The van der Waals surface area contributed by atoms with Crippen LogP contribution in [0.5, 0.6) is 0 Å². The Bertz CT molecular complexity index is 1050. The minimum atomic E-state index is -0.379. The van der Waals surface area contributed by atoms with Crippen LogP contribution in [0, 0.1) is 23.7 Å². The maximum absolute atomic E-state index is 13.3. The van der Waals surface area contributed by atoms with E-state index in [0.717, 1.165) is 34.5 Å². The highest BCUT2D eigenvalue weighted by Gasteiger charge is 2.44. The van der Waals surface area contributed by atoms with Crippen molar-refractivity contribution in [3.63, 3.8) is 0 Å². The maximum atomic E-state index is 13.3. The third kappa shape index (κ3) is 2.94. The van der Waals surface area contributed by atoms with Crippen LogP contribution in [-0.4, -0.2) is 5.78 Å². The molecule has 2 aromatic rings. The van der Waals surface area contributed by atoms with Gasteiger partial charge in [0.25, 0.3) is 0 Å². The van der Waals surface area contributed by atoms with Crippen LogP contribution in [0.1, 0.15) is 43.7 Å². The predicted molar refractivity (Wildman–Crippen MR) is 113 cm³/mol. The number of nitriles is 1. The number of aryl methyl sites for hydroxylation is 1. The number of rotatable bonds is 2. The first-order valence-corrected chi connectivity index (χ1v) is 10.3. The lowest BCUT2D eigenvalue weighted by Gasteiger charge is -2.43. The summed E-state index contributed by atoms with van der Waals surface area (Å²) in [4.78, 5) is 15.2. The van der Waals surface area contributed by atoms with Crippen molar-refractivity contribution < 1.29 is 4.79 Å². The molecule has 0 fully saturated rings. The van der Waals surface area contributed by atoms with E-state index in [2.05, 4.69) is 19.9 Å². The van der Waals surface area contributed by atoms with Crippen LogP contribution < -0.4 is 10.6 Å². The standard InChI is InChI=1S/C23H23N3OS/c1-14-5-4-6-16(9-14)26-18-10-23(2,3)11-19(27)21(18)20(15-7-8-28-13-15)17(12-24)22(26)25/h4-9,13,20H,10-11,25H2,1-3H3/t20-/m0/s1. The molecule has 0 spiro atoms. The molecule has 2 heterocycles. The number of benzene rings is 1. The predicted octanol–water partition coefficient (Wildman–Crippen LogP) is 5.00. The van der Waals surface area contributed by atoms with Gasteiger partial charge in [-0.1, -0.05) is 26.0 Å². The average Bonchev–Trinajstić information content (AvgIpc) is 3.14. The van der Waals surface area contributed by atoms with Crippen LogP contribution in [0.15, 0.2) is 63.8 Å². The van der Waals surface area contributed by atoms with E-state index < -0.39 is 0 Å². The molecule has 2 aliphatic rings. The number of Topliss-reactive ketones (excluding diaryl/α,β-unsaturated/α-hetero) is 1. The van der Waals surface area contributed by atoms with Crippen LogP contribution in [0.4, 0.5) is 5.69 Å². The van der Waals surface area contributed by atoms with E-state index in [1.165, 1.54) is 0 Å². The molecule has 2 N–H and O–H groups in total. The quantitative estimate of drug-likeness (QED) is 0.785. The van der Waals surface area contributed by atoms with Gasteiger partial charge >= 0.3 is 0 Å². The number of ketones is 1. The lowest BCUT2D eigenvalue weighted by atomic mass is 9.69. The van der Waals surface area contributed by atoms with Crippen molar-refractivity contribution in [2.45, 2.75) is 39.5 Å². The minimum Gasteiger partial charge on any atom is -0.384 e. The molecular weight excluding hydrogens is 366 g/mol. The van der Waals surface area contributed by atoms with Crippen molar-refractivity contribution in [3.05, 3.63) is 74.9 Å². The average molecular weight is 390 g/mol. The summed E-state index contributed by atoms with van der Waals surface area (Å²) < 4.78 is 0. The zero-order valence-corrected chi connectivity index (χ0v) is 17.1. The van der Waals surface area contributed by atoms with Crippen molar-refractivity contribution in [2.75, 3.05) is 4.90 Å².